The molecule has 0 radical (unpaired) electrons. The summed E-state index contributed by atoms with van der Waals surface area (Å²) in [7, 11) is 0. The number of aromatic nitrogens is 2. The second-order valence-electron chi connectivity index (χ2n) is 5.33. The zero-order valence-electron chi connectivity index (χ0n) is 13.2. The van der Waals surface area contributed by atoms with Crippen molar-refractivity contribution in [2.45, 2.75) is 6.61 Å². The molecular weight excluding hydrogens is 318 g/mol. The number of aliphatic hydroxyl groups excluding tert-OH is 1. The van der Waals surface area contributed by atoms with Crippen LogP contribution in [-0.4, -0.2) is 20.8 Å². The minimum Gasteiger partial charge on any atom is -0.392 e. The lowest BCUT2D eigenvalue weighted by atomic mass is 10.1. The molecule has 3 rings (SSSR count). The molecule has 1 amide bonds. The standard InChI is InChI=1S/C18H15N5O2/c19-9-14-10-21-23(17(14)20)16-6-4-13(5-7-16)18(25)22-15-3-1-2-12(8-15)11-24/h1-8,10,24H,11,20H2,(H,22,25). The molecule has 3 aromatic rings. The maximum Gasteiger partial charge on any atom is 0.255 e. The maximum atomic E-state index is 12.3. The number of carbonyl (C=O) groups is 1. The van der Waals surface area contributed by atoms with Gasteiger partial charge in [-0.15, -0.1) is 0 Å². The molecular formula is C18H15N5O2. The molecule has 0 spiro atoms. The van der Waals surface area contributed by atoms with Crippen LogP contribution in [0.3, 0.4) is 0 Å². The SMILES string of the molecule is N#Cc1cnn(-c2ccc(C(=O)Nc3cccc(CO)c3)cc2)c1N. The lowest BCUT2D eigenvalue weighted by Crippen LogP contribution is -2.12. The minimum absolute atomic E-state index is 0.0889. The fourth-order valence-corrected chi connectivity index (χ4v) is 2.35. The van der Waals surface area contributed by atoms with E-state index in [2.05, 4.69) is 10.4 Å². The molecule has 0 aliphatic carbocycles. The van der Waals surface area contributed by atoms with E-state index in [9.17, 15) is 4.79 Å². The first-order chi connectivity index (χ1) is 12.1. The van der Waals surface area contributed by atoms with E-state index >= 15 is 0 Å². The van der Waals surface area contributed by atoms with Crippen LogP contribution in [0.1, 0.15) is 21.5 Å². The normalized spacial score (nSPS) is 10.2. The first kappa shape index (κ1) is 16.2. The van der Waals surface area contributed by atoms with Crippen LogP contribution in [0.4, 0.5) is 11.5 Å². The van der Waals surface area contributed by atoms with Gasteiger partial charge in [-0.1, -0.05) is 12.1 Å². The van der Waals surface area contributed by atoms with Crippen LogP contribution < -0.4 is 11.1 Å². The number of anilines is 2. The average Bonchev–Trinajstić information content (AvgIpc) is 3.02. The highest BCUT2D eigenvalue weighted by Crippen LogP contribution is 2.18. The number of carbonyl (C=O) groups excluding carboxylic acids is 1. The number of amides is 1. The van der Waals surface area contributed by atoms with Gasteiger partial charge >= 0.3 is 0 Å². The van der Waals surface area contributed by atoms with Gasteiger partial charge < -0.3 is 16.2 Å². The Morgan fingerprint density at radius 3 is 2.68 bits per heavy atom. The maximum absolute atomic E-state index is 12.3. The number of benzene rings is 2. The Kier molecular flexibility index (Phi) is 4.46. The number of hydrogen-bond acceptors (Lipinski definition) is 5. The van der Waals surface area contributed by atoms with Crippen molar-refractivity contribution in [3.05, 3.63) is 71.4 Å². The molecule has 2 aromatic carbocycles. The van der Waals surface area contributed by atoms with E-state index in [0.717, 1.165) is 5.56 Å². The second kappa shape index (κ2) is 6.86. The Bertz CT molecular complexity index is 954. The van der Waals surface area contributed by atoms with E-state index in [0.29, 0.717) is 22.5 Å². The smallest absolute Gasteiger partial charge is 0.255 e. The molecule has 0 aliphatic heterocycles. The third kappa shape index (κ3) is 3.34. The van der Waals surface area contributed by atoms with Crippen LogP contribution in [0.15, 0.2) is 54.7 Å². The van der Waals surface area contributed by atoms with Crippen molar-refractivity contribution in [3.63, 3.8) is 0 Å². The van der Waals surface area contributed by atoms with Crippen LogP contribution >= 0.6 is 0 Å². The first-order valence-electron chi connectivity index (χ1n) is 7.47. The summed E-state index contributed by atoms with van der Waals surface area (Å²) < 4.78 is 1.44. The van der Waals surface area contributed by atoms with Gasteiger partial charge in [0.15, 0.2) is 0 Å². The van der Waals surface area contributed by atoms with Crippen molar-refractivity contribution < 1.29 is 9.90 Å². The Labute approximate surface area is 143 Å². The van der Waals surface area contributed by atoms with Gasteiger partial charge in [-0.25, -0.2) is 4.68 Å². The minimum atomic E-state index is -0.271. The molecule has 0 atom stereocenters. The Morgan fingerprint density at radius 2 is 2.04 bits per heavy atom. The van der Waals surface area contributed by atoms with Crippen LogP contribution in [0.5, 0.6) is 0 Å². The van der Waals surface area contributed by atoms with E-state index in [-0.39, 0.29) is 18.3 Å². The van der Waals surface area contributed by atoms with Crippen molar-refractivity contribution in [1.82, 2.24) is 9.78 Å². The van der Waals surface area contributed by atoms with Gasteiger partial charge in [-0.2, -0.15) is 10.4 Å². The van der Waals surface area contributed by atoms with E-state index in [4.69, 9.17) is 16.1 Å². The van der Waals surface area contributed by atoms with Gasteiger partial charge in [-0.3, -0.25) is 4.79 Å². The lowest BCUT2D eigenvalue weighted by molar-refractivity contribution is 0.102. The molecule has 0 aliphatic rings. The fourth-order valence-electron chi connectivity index (χ4n) is 2.35. The summed E-state index contributed by atoms with van der Waals surface area (Å²) in [4.78, 5) is 12.3. The highest BCUT2D eigenvalue weighted by atomic mass is 16.3. The summed E-state index contributed by atoms with van der Waals surface area (Å²) in [5, 5.41) is 24.9. The number of rotatable bonds is 4. The molecule has 7 nitrogen and oxygen atoms in total. The number of nitrogens with one attached hydrogen (secondary N) is 1. The zero-order chi connectivity index (χ0) is 17.8. The number of nitrogens with two attached hydrogens (primary N) is 1. The molecule has 1 aromatic heterocycles. The molecule has 0 saturated carbocycles. The number of hydrogen-bond donors (Lipinski definition) is 3. The molecule has 0 bridgehead atoms. The molecule has 4 N–H and O–H groups in total. The fraction of sp³-hybridized carbons (Fsp3) is 0.0556. The van der Waals surface area contributed by atoms with E-state index in [1.807, 2.05) is 6.07 Å². The molecule has 1 heterocycles. The highest BCUT2D eigenvalue weighted by molar-refractivity contribution is 6.04. The van der Waals surface area contributed by atoms with E-state index in [1.54, 1.807) is 48.5 Å². The quantitative estimate of drug-likeness (QED) is 0.675. The summed E-state index contributed by atoms with van der Waals surface area (Å²) in [5.41, 5.74) is 8.59. The highest BCUT2D eigenvalue weighted by Gasteiger charge is 2.10. The predicted molar refractivity (Wildman–Crippen MR) is 93.0 cm³/mol. The van der Waals surface area contributed by atoms with Crippen molar-refractivity contribution >= 4 is 17.4 Å². The van der Waals surface area contributed by atoms with Crippen molar-refractivity contribution in [3.8, 4) is 11.8 Å². The summed E-state index contributed by atoms with van der Waals surface area (Å²) in [6, 6.07) is 15.6. The number of aliphatic hydroxyl groups is 1. The van der Waals surface area contributed by atoms with E-state index < -0.39 is 0 Å². The summed E-state index contributed by atoms with van der Waals surface area (Å²) in [6.45, 7) is -0.0889. The lowest BCUT2D eigenvalue weighted by Gasteiger charge is -2.08. The Hall–Kier alpha value is -3.63. The molecule has 0 unspecified atom stereocenters. The zero-order valence-corrected chi connectivity index (χ0v) is 13.2. The molecule has 25 heavy (non-hydrogen) atoms. The third-order valence-electron chi connectivity index (χ3n) is 3.67. The number of nitrogen functional groups attached to an aromatic ring is 1. The van der Waals surface area contributed by atoms with Crippen LogP contribution in [0.25, 0.3) is 5.69 Å². The van der Waals surface area contributed by atoms with Gasteiger partial charge in [0.25, 0.3) is 5.91 Å². The van der Waals surface area contributed by atoms with Crippen molar-refractivity contribution in [2.24, 2.45) is 0 Å². The van der Waals surface area contributed by atoms with Gasteiger partial charge in [0.05, 0.1) is 18.5 Å². The summed E-state index contributed by atoms with van der Waals surface area (Å²) >= 11 is 0. The molecule has 0 saturated heterocycles. The van der Waals surface area contributed by atoms with Crippen LogP contribution in [-0.2, 0) is 6.61 Å². The number of nitrogens with zero attached hydrogens (tertiary/aromatic N) is 3. The molecule has 124 valence electrons. The van der Waals surface area contributed by atoms with Crippen molar-refractivity contribution in [2.75, 3.05) is 11.1 Å². The van der Waals surface area contributed by atoms with E-state index in [1.165, 1.54) is 10.9 Å². The number of nitriles is 1. The average molecular weight is 333 g/mol. The van der Waals surface area contributed by atoms with Gasteiger partial charge in [0.2, 0.25) is 0 Å². The predicted octanol–water partition coefficient (Wildman–Crippen LogP) is 2.07. The van der Waals surface area contributed by atoms with Crippen LogP contribution in [0.2, 0.25) is 0 Å². The molecule has 7 heteroatoms. The van der Waals surface area contributed by atoms with Crippen molar-refractivity contribution in [1.29, 1.82) is 5.26 Å². The van der Waals surface area contributed by atoms with Gasteiger partial charge in [-0.05, 0) is 42.0 Å². The summed E-state index contributed by atoms with van der Waals surface area (Å²) in [5.74, 6) is -0.0201. The van der Waals surface area contributed by atoms with Gasteiger partial charge in [0, 0.05) is 11.3 Å². The van der Waals surface area contributed by atoms with Crippen LogP contribution in [0, 0.1) is 11.3 Å². The largest absolute Gasteiger partial charge is 0.392 e. The monoisotopic (exact) mass is 333 g/mol. The summed E-state index contributed by atoms with van der Waals surface area (Å²) in [6.07, 6.45) is 1.39. The third-order valence-corrected chi connectivity index (χ3v) is 3.67. The van der Waals surface area contributed by atoms with Gasteiger partial charge in [0.1, 0.15) is 17.5 Å². The Morgan fingerprint density at radius 1 is 1.28 bits per heavy atom. The second-order valence-corrected chi connectivity index (χ2v) is 5.33. The molecule has 0 fully saturated rings. The Balaban J connectivity index is 1.78. The topological polar surface area (TPSA) is 117 Å². The first-order valence-corrected chi connectivity index (χ1v) is 7.47.